The van der Waals surface area contributed by atoms with Crippen LogP contribution in [0.4, 0.5) is 0 Å². The van der Waals surface area contributed by atoms with Gasteiger partial charge in [-0.15, -0.1) is 11.3 Å². The van der Waals surface area contributed by atoms with E-state index in [0.717, 1.165) is 32.7 Å². The second-order valence-corrected chi connectivity index (χ2v) is 6.60. The molecular formula is C20H15N3OS. The van der Waals surface area contributed by atoms with E-state index in [2.05, 4.69) is 34.3 Å². The Morgan fingerprint density at radius 1 is 1.12 bits per heavy atom. The van der Waals surface area contributed by atoms with Crippen molar-refractivity contribution in [1.29, 1.82) is 5.26 Å². The Bertz CT molecular complexity index is 1070. The Balaban J connectivity index is 1.77. The summed E-state index contributed by atoms with van der Waals surface area (Å²) < 4.78 is 2.12. The van der Waals surface area contributed by atoms with Crippen LogP contribution < -0.4 is 0 Å². The molecule has 5 heteroatoms. The molecule has 2 heterocycles. The molecule has 0 unspecified atom stereocenters. The van der Waals surface area contributed by atoms with Crippen LogP contribution in [0.25, 0.3) is 32.7 Å². The number of thiazole rings is 1. The zero-order chi connectivity index (χ0) is 17.2. The number of aromatic nitrogens is 2. The number of nitriles is 1. The van der Waals surface area contributed by atoms with Crippen molar-refractivity contribution in [2.75, 3.05) is 0 Å². The first-order valence-electron chi connectivity index (χ1n) is 7.96. The topological polar surface area (TPSA) is 61.8 Å². The fourth-order valence-corrected chi connectivity index (χ4v) is 3.77. The third-order valence-corrected chi connectivity index (χ3v) is 5.04. The molecule has 0 bridgehead atoms. The summed E-state index contributed by atoms with van der Waals surface area (Å²) in [5, 5.41) is 22.4. The highest BCUT2D eigenvalue weighted by Gasteiger charge is 2.13. The van der Waals surface area contributed by atoms with Crippen molar-refractivity contribution in [2.24, 2.45) is 0 Å². The number of aryl methyl sites for hydroxylation is 1. The number of benzene rings is 2. The molecule has 1 N–H and O–H groups in total. The minimum atomic E-state index is 0.251. The maximum Gasteiger partial charge on any atom is 0.124 e. The van der Waals surface area contributed by atoms with Gasteiger partial charge in [0.1, 0.15) is 10.8 Å². The van der Waals surface area contributed by atoms with Gasteiger partial charge in [0.05, 0.1) is 18.2 Å². The van der Waals surface area contributed by atoms with Crippen molar-refractivity contribution >= 4 is 22.2 Å². The number of phenols is 1. The van der Waals surface area contributed by atoms with E-state index in [1.54, 1.807) is 23.5 Å². The minimum absolute atomic E-state index is 0.251. The second kappa shape index (κ2) is 6.42. The highest BCUT2D eigenvalue weighted by atomic mass is 32.1. The van der Waals surface area contributed by atoms with E-state index in [-0.39, 0.29) is 5.75 Å². The summed E-state index contributed by atoms with van der Waals surface area (Å²) in [7, 11) is 0. The zero-order valence-electron chi connectivity index (χ0n) is 13.4. The molecule has 0 saturated heterocycles. The Hall–Kier alpha value is -3.10. The minimum Gasteiger partial charge on any atom is -0.508 e. The van der Waals surface area contributed by atoms with Gasteiger partial charge in [-0.1, -0.05) is 18.2 Å². The first-order valence-corrected chi connectivity index (χ1v) is 8.84. The van der Waals surface area contributed by atoms with Crippen molar-refractivity contribution in [2.45, 2.75) is 13.0 Å². The summed E-state index contributed by atoms with van der Waals surface area (Å²) in [6.07, 6.45) is 2.56. The smallest absolute Gasteiger partial charge is 0.124 e. The molecule has 0 aliphatic rings. The van der Waals surface area contributed by atoms with Crippen LogP contribution >= 0.6 is 11.3 Å². The molecule has 0 saturated carbocycles. The van der Waals surface area contributed by atoms with Gasteiger partial charge in [-0.05, 0) is 30.3 Å². The molecule has 4 aromatic rings. The zero-order valence-corrected chi connectivity index (χ0v) is 14.2. The highest BCUT2D eigenvalue weighted by Crippen LogP contribution is 2.34. The Labute approximate surface area is 149 Å². The van der Waals surface area contributed by atoms with E-state index in [1.807, 2.05) is 24.3 Å². The summed E-state index contributed by atoms with van der Waals surface area (Å²) in [5.74, 6) is 0.251. The quantitative estimate of drug-likeness (QED) is 0.563. The van der Waals surface area contributed by atoms with Gasteiger partial charge < -0.3 is 9.67 Å². The largest absolute Gasteiger partial charge is 0.508 e. The average Bonchev–Trinajstić information content (AvgIpc) is 3.25. The van der Waals surface area contributed by atoms with Crippen LogP contribution in [0, 0.1) is 11.3 Å². The van der Waals surface area contributed by atoms with E-state index in [4.69, 9.17) is 10.2 Å². The lowest BCUT2D eigenvalue weighted by molar-refractivity contribution is 0.475. The summed E-state index contributed by atoms with van der Waals surface area (Å²) in [4.78, 5) is 4.78. The van der Waals surface area contributed by atoms with Crippen molar-refractivity contribution in [1.82, 2.24) is 9.55 Å². The summed E-state index contributed by atoms with van der Waals surface area (Å²) in [5.41, 5.74) is 4.11. The van der Waals surface area contributed by atoms with Crippen LogP contribution in [-0.2, 0) is 6.54 Å². The van der Waals surface area contributed by atoms with Crippen LogP contribution in [0.1, 0.15) is 6.42 Å². The fraction of sp³-hybridized carbons (Fsp3) is 0.100. The number of rotatable bonds is 4. The maximum atomic E-state index is 9.44. The van der Waals surface area contributed by atoms with E-state index in [1.165, 1.54) is 0 Å². The number of hydrogen-bond donors (Lipinski definition) is 1. The number of para-hydroxylation sites is 1. The van der Waals surface area contributed by atoms with Crippen LogP contribution in [0.5, 0.6) is 5.75 Å². The number of hydrogen-bond acceptors (Lipinski definition) is 4. The highest BCUT2D eigenvalue weighted by molar-refractivity contribution is 7.13. The third-order valence-electron chi connectivity index (χ3n) is 4.15. The fourth-order valence-electron chi connectivity index (χ4n) is 2.94. The van der Waals surface area contributed by atoms with Gasteiger partial charge in [0, 0.05) is 40.2 Å². The SMILES string of the molecule is N#CCCn1cc(-c2csc(-c3ccc(O)cc3)n2)c2ccccc21. The first kappa shape index (κ1) is 15.4. The molecular weight excluding hydrogens is 330 g/mol. The predicted octanol–water partition coefficient (Wildman–Crippen LogP) is 5.05. The lowest BCUT2D eigenvalue weighted by Gasteiger charge is -2.00. The van der Waals surface area contributed by atoms with Crippen LogP contribution in [-0.4, -0.2) is 14.7 Å². The van der Waals surface area contributed by atoms with Crippen molar-refractivity contribution in [3.8, 4) is 33.6 Å². The lowest BCUT2D eigenvalue weighted by Crippen LogP contribution is -1.94. The van der Waals surface area contributed by atoms with Crippen LogP contribution in [0.3, 0.4) is 0 Å². The van der Waals surface area contributed by atoms with Crippen LogP contribution in [0.15, 0.2) is 60.1 Å². The molecule has 122 valence electrons. The Morgan fingerprint density at radius 2 is 1.92 bits per heavy atom. The van der Waals surface area contributed by atoms with Crippen molar-refractivity contribution < 1.29 is 5.11 Å². The molecule has 0 fully saturated rings. The summed E-state index contributed by atoms with van der Waals surface area (Å²) in [6, 6.07) is 17.5. The maximum absolute atomic E-state index is 9.44. The Morgan fingerprint density at radius 3 is 2.72 bits per heavy atom. The van der Waals surface area contributed by atoms with Gasteiger partial charge in [0.15, 0.2) is 0 Å². The van der Waals surface area contributed by atoms with Gasteiger partial charge >= 0.3 is 0 Å². The van der Waals surface area contributed by atoms with Gasteiger partial charge in [0.2, 0.25) is 0 Å². The molecule has 0 spiro atoms. The van der Waals surface area contributed by atoms with E-state index < -0.39 is 0 Å². The molecule has 0 atom stereocenters. The summed E-state index contributed by atoms with van der Waals surface area (Å²) in [6.45, 7) is 0.673. The van der Waals surface area contributed by atoms with E-state index in [9.17, 15) is 5.11 Å². The second-order valence-electron chi connectivity index (χ2n) is 5.75. The molecule has 0 aliphatic heterocycles. The van der Waals surface area contributed by atoms with Gasteiger partial charge in [0.25, 0.3) is 0 Å². The number of fused-ring (bicyclic) bond motifs is 1. The Kier molecular flexibility index (Phi) is 3.96. The molecule has 4 rings (SSSR count). The first-order chi connectivity index (χ1) is 12.3. The predicted molar refractivity (Wildman–Crippen MR) is 100 cm³/mol. The third kappa shape index (κ3) is 2.88. The monoisotopic (exact) mass is 345 g/mol. The average molecular weight is 345 g/mol. The number of phenolic OH excluding ortho intramolecular Hbond substituents is 1. The molecule has 25 heavy (non-hydrogen) atoms. The molecule has 0 radical (unpaired) electrons. The molecule has 4 nitrogen and oxygen atoms in total. The van der Waals surface area contributed by atoms with Gasteiger partial charge in [-0.2, -0.15) is 5.26 Å². The summed E-state index contributed by atoms with van der Waals surface area (Å²) >= 11 is 1.58. The van der Waals surface area contributed by atoms with E-state index in [0.29, 0.717) is 13.0 Å². The molecule has 2 aromatic heterocycles. The van der Waals surface area contributed by atoms with Gasteiger partial charge in [-0.25, -0.2) is 4.98 Å². The number of aromatic hydroxyl groups is 1. The van der Waals surface area contributed by atoms with Crippen LogP contribution in [0.2, 0.25) is 0 Å². The van der Waals surface area contributed by atoms with Crippen molar-refractivity contribution in [3.63, 3.8) is 0 Å². The number of nitrogens with zero attached hydrogens (tertiary/aromatic N) is 3. The van der Waals surface area contributed by atoms with E-state index >= 15 is 0 Å². The molecule has 2 aromatic carbocycles. The van der Waals surface area contributed by atoms with Crippen molar-refractivity contribution in [3.05, 3.63) is 60.1 Å². The standard InChI is InChI=1S/C20H15N3OS/c21-10-3-11-23-12-17(16-4-1-2-5-19(16)23)18-13-25-20(22-18)14-6-8-15(24)9-7-14/h1-2,4-9,12-13,24H,3,11H2. The normalized spacial score (nSPS) is 10.8. The lowest BCUT2D eigenvalue weighted by atomic mass is 10.1. The van der Waals surface area contributed by atoms with Gasteiger partial charge in [-0.3, -0.25) is 0 Å². The molecule has 0 amide bonds. The molecule has 0 aliphatic carbocycles.